The number of benzene rings is 1. The Morgan fingerprint density at radius 1 is 1.14 bits per heavy atom. The van der Waals surface area contributed by atoms with Gasteiger partial charge in [-0.15, -0.1) is 0 Å². The average Bonchev–Trinajstić information content (AvgIpc) is 3.31. The Labute approximate surface area is 127 Å². The molecule has 0 aliphatic heterocycles. The number of hydrogen-bond acceptors (Lipinski definition) is 4. The monoisotopic (exact) mass is 293 g/mol. The van der Waals surface area contributed by atoms with Gasteiger partial charge in [-0.3, -0.25) is 0 Å². The van der Waals surface area contributed by atoms with Gasteiger partial charge in [0.25, 0.3) is 0 Å². The van der Waals surface area contributed by atoms with E-state index in [4.69, 9.17) is 9.47 Å². The molecule has 0 heterocycles. The van der Waals surface area contributed by atoms with Gasteiger partial charge in [0.15, 0.2) is 0 Å². The Morgan fingerprint density at radius 2 is 1.71 bits per heavy atom. The van der Waals surface area contributed by atoms with Crippen LogP contribution in [0.1, 0.15) is 38.4 Å². The summed E-state index contributed by atoms with van der Waals surface area (Å²) in [7, 11) is 3.23. The van der Waals surface area contributed by atoms with Gasteiger partial charge in [0, 0.05) is 18.7 Å². The average molecular weight is 293 g/mol. The summed E-state index contributed by atoms with van der Waals surface area (Å²) in [6.07, 6.45) is 2.05. The first kappa shape index (κ1) is 16.1. The highest BCUT2D eigenvalue weighted by Gasteiger charge is 2.33. The van der Waals surface area contributed by atoms with Crippen LogP contribution < -0.4 is 14.8 Å². The van der Waals surface area contributed by atoms with Crippen LogP contribution in [0.15, 0.2) is 18.2 Å². The molecule has 0 aromatic heterocycles. The Morgan fingerprint density at radius 3 is 2.14 bits per heavy atom. The molecule has 0 spiro atoms. The van der Waals surface area contributed by atoms with Gasteiger partial charge in [-0.05, 0) is 42.4 Å². The molecular weight excluding hydrogens is 266 g/mol. The molecule has 1 aliphatic rings. The SMILES string of the molecule is COc1cc(OC)cc(C(O)CNC(C(C)C)C2CC2)c1. The maximum Gasteiger partial charge on any atom is 0.122 e. The van der Waals surface area contributed by atoms with Crippen molar-refractivity contribution in [2.75, 3.05) is 20.8 Å². The lowest BCUT2D eigenvalue weighted by Gasteiger charge is -2.24. The summed E-state index contributed by atoms with van der Waals surface area (Å²) in [5.41, 5.74) is 0.817. The molecule has 4 heteroatoms. The van der Waals surface area contributed by atoms with E-state index in [1.807, 2.05) is 18.2 Å². The molecular formula is C17H27NO3. The summed E-state index contributed by atoms with van der Waals surface area (Å²) >= 11 is 0. The highest BCUT2D eigenvalue weighted by molar-refractivity contribution is 5.39. The first-order chi connectivity index (χ1) is 10.0. The summed E-state index contributed by atoms with van der Waals surface area (Å²) in [4.78, 5) is 0. The van der Waals surface area contributed by atoms with Crippen LogP contribution in [0.2, 0.25) is 0 Å². The van der Waals surface area contributed by atoms with Crippen molar-refractivity contribution < 1.29 is 14.6 Å². The molecule has 2 atom stereocenters. The van der Waals surface area contributed by atoms with Gasteiger partial charge in [0.05, 0.1) is 20.3 Å². The van der Waals surface area contributed by atoms with E-state index in [0.29, 0.717) is 30.0 Å². The van der Waals surface area contributed by atoms with Crippen molar-refractivity contribution in [2.24, 2.45) is 11.8 Å². The van der Waals surface area contributed by atoms with E-state index in [-0.39, 0.29) is 0 Å². The predicted octanol–water partition coefficient (Wildman–Crippen LogP) is 2.76. The molecule has 1 aromatic rings. The number of aliphatic hydroxyl groups excluding tert-OH is 1. The first-order valence-electron chi connectivity index (χ1n) is 7.69. The molecule has 4 nitrogen and oxygen atoms in total. The van der Waals surface area contributed by atoms with E-state index in [2.05, 4.69) is 19.2 Å². The largest absolute Gasteiger partial charge is 0.497 e. The van der Waals surface area contributed by atoms with E-state index >= 15 is 0 Å². The zero-order valence-electron chi connectivity index (χ0n) is 13.4. The van der Waals surface area contributed by atoms with Gasteiger partial charge in [-0.1, -0.05) is 13.8 Å². The van der Waals surface area contributed by atoms with Crippen LogP contribution in [0.5, 0.6) is 11.5 Å². The second-order valence-corrected chi connectivity index (χ2v) is 6.18. The normalized spacial score (nSPS) is 17.6. The Kier molecular flexibility index (Phi) is 5.48. The summed E-state index contributed by atoms with van der Waals surface area (Å²) in [5, 5.41) is 13.9. The van der Waals surface area contributed by atoms with Crippen molar-refractivity contribution in [3.05, 3.63) is 23.8 Å². The zero-order chi connectivity index (χ0) is 15.4. The minimum absolute atomic E-state index is 0.493. The molecule has 21 heavy (non-hydrogen) atoms. The Bertz CT molecular complexity index is 433. The van der Waals surface area contributed by atoms with Gasteiger partial charge in [0.2, 0.25) is 0 Å². The quantitative estimate of drug-likeness (QED) is 0.774. The number of aliphatic hydroxyl groups is 1. The van der Waals surface area contributed by atoms with Gasteiger partial charge < -0.3 is 19.9 Å². The molecule has 0 radical (unpaired) electrons. The van der Waals surface area contributed by atoms with Gasteiger partial charge in [-0.25, -0.2) is 0 Å². The molecule has 118 valence electrons. The predicted molar refractivity (Wildman–Crippen MR) is 83.9 cm³/mol. The van der Waals surface area contributed by atoms with E-state index in [1.165, 1.54) is 12.8 Å². The third-order valence-electron chi connectivity index (χ3n) is 4.15. The summed E-state index contributed by atoms with van der Waals surface area (Å²) < 4.78 is 10.5. The molecule has 2 unspecified atom stereocenters. The van der Waals surface area contributed by atoms with Gasteiger partial charge in [-0.2, -0.15) is 0 Å². The molecule has 0 bridgehead atoms. The molecule has 1 saturated carbocycles. The number of rotatable bonds is 8. The molecule has 0 amide bonds. The lowest BCUT2D eigenvalue weighted by Crippen LogP contribution is -2.38. The topological polar surface area (TPSA) is 50.7 Å². The lowest BCUT2D eigenvalue weighted by atomic mass is 9.99. The van der Waals surface area contributed by atoms with Crippen LogP contribution in [0.4, 0.5) is 0 Å². The molecule has 2 N–H and O–H groups in total. The number of hydrogen-bond donors (Lipinski definition) is 2. The smallest absolute Gasteiger partial charge is 0.122 e. The summed E-state index contributed by atoms with van der Waals surface area (Å²) in [5.74, 6) is 2.76. The van der Waals surface area contributed by atoms with E-state index < -0.39 is 6.10 Å². The fraction of sp³-hybridized carbons (Fsp3) is 0.647. The van der Waals surface area contributed by atoms with Crippen molar-refractivity contribution in [2.45, 2.75) is 38.8 Å². The third-order valence-corrected chi connectivity index (χ3v) is 4.15. The van der Waals surface area contributed by atoms with E-state index in [1.54, 1.807) is 14.2 Å². The number of methoxy groups -OCH3 is 2. The lowest BCUT2D eigenvalue weighted by molar-refractivity contribution is 0.162. The molecule has 0 saturated heterocycles. The van der Waals surface area contributed by atoms with E-state index in [0.717, 1.165) is 11.5 Å². The minimum Gasteiger partial charge on any atom is -0.497 e. The maximum absolute atomic E-state index is 10.4. The second kappa shape index (κ2) is 7.14. The van der Waals surface area contributed by atoms with Crippen LogP contribution >= 0.6 is 0 Å². The van der Waals surface area contributed by atoms with Crippen molar-refractivity contribution in [3.8, 4) is 11.5 Å². The standard InChI is InChI=1S/C17H27NO3/c1-11(2)17(12-5-6-12)18-10-16(19)13-7-14(20-3)9-15(8-13)21-4/h7-9,11-12,16-19H,5-6,10H2,1-4H3. The minimum atomic E-state index is -0.561. The van der Waals surface area contributed by atoms with Crippen molar-refractivity contribution in [3.63, 3.8) is 0 Å². The molecule has 1 fully saturated rings. The molecule has 1 aromatic carbocycles. The summed E-state index contributed by atoms with van der Waals surface area (Å²) in [6, 6.07) is 6.02. The van der Waals surface area contributed by atoms with Crippen LogP contribution in [0.25, 0.3) is 0 Å². The van der Waals surface area contributed by atoms with E-state index in [9.17, 15) is 5.11 Å². The van der Waals surface area contributed by atoms with Crippen LogP contribution in [-0.2, 0) is 0 Å². The van der Waals surface area contributed by atoms with Crippen LogP contribution in [0.3, 0.4) is 0 Å². The zero-order valence-corrected chi connectivity index (χ0v) is 13.4. The Balaban J connectivity index is 2.00. The molecule has 1 aliphatic carbocycles. The highest BCUT2D eigenvalue weighted by atomic mass is 16.5. The van der Waals surface area contributed by atoms with Crippen LogP contribution in [0, 0.1) is 11.8 Å². The molecule has 2 rings (SSSR count). The fourth-order valence-corrected chi connectivity index (χ4v) is 2.79. The highest BCUT2D eigenvalue weighted by Crippen LogP contribution is 2.36. The van der Waals surface area contributed by atoms with Gasteiger partial charge in [0.1, 0.15) is 11.5 Å². The maximum atomic E-state index is 10.4. The fourth-order valence-electron chi connectivity index (χ4n) is 2.79. The third kappa shape index (κ3) is 4.35. The summed E-state index contributed by atoms with van der Waals surface area (Å²) in [6.45, 7) is 5.02. The van der Waals surface area contributed by atoms with Gasteiger partial charge >= 0.3 is 0 Å². The van der Waals surface area contributed by atoms with Crippen LogP contribution in [-0.4, -0.2) is 31.9 Å². The second-order valence-electron chi connectivity index (χ2n) is 6.18. The first-order valence-corrected chi connectivity index (χ1v) is 7.69. The van der Waals surface area contributed by atoms with Crippen molar-refractivity contribution in [1.82, 2.24) is 5.32 Å². The number of ether oxygens (including phenoxy) is 2. The van der Waals surface area contributed by atoms with Crippen molar-refractivity contribution >= 4 is 0 Å². The Hall–Kier alpha value is -1.26. The number of nitrogens with one attached hydrogen (secondary N) is 1. The van der Waals surface area contributed by atoms with Crippen molar-refractivity contribution in [1.29, 1.82) is 0 Å².